The van der Waals surface area contributed by atoms with Gasteiger partial charge in [0.2, 0.25) is 0 Å². The summed E-state index contributed by atoms with van der Waals surface area (Å²) in [5.74, 6) is 0. The van der Waals surface area contributed by atoms with E-state index in [-0.39, 0.29) is 0 Å². The van der Waals surface area contributed by atoms with Gasteiger partial charge in [0.1, 0.15) is 0 Å². The highest BCUT2D eigenvalue weighted by Crippen LogP contribution is 2.28. The van der Waals surface area contributed by atoms with Crippen molar-refractivity contribution in [1.82, 2.24) is 0 Å². The molecule has 0 spiro atoms. The molecule has 128 valence electrons. The first-order chi connectivity index (χ1) is 10.9. The molecule has 1 aliphatic heterocycles. The third-order valence-corrected chi connectivity index (χ3v) is 4.54. The van der Waals surface area contributed by atoms with Crippen LogP contribution in [0.3, 0.4) is 0 Å². The molecule has 1 heterocycles. The van der Waals surface area contributed by atoms with Gasteiger partial charge in [0.15, 0.2) is 0 Å². The van der Waals surface area contributed by atoms with Crippen molar-refractivity contribution in [3.8, 4) is 0 Å². The molecule has 1 rings (SSSR count). The summed E-state index contributed by atoms with van der Waals surface area (Å²) in [4.78, 5) is 0. The first-order valence-electron chi connectivity index (χ1n) is 9.84. The van der Waals surface area contributed by atoms with Crippen LogP contribution < -0.4 is 0 Å². The molecule has 0 saturated carbocycles. The van der Waals surface area contributed by atoms with Crippen molar-refractivity contribution in [2.75, 3.05) is 0 Å². The average molecular weight is 307 g/mol. The Balaban J connectivity index is 1.76. The number of ether oxygens (including phenoxy) is 1. The molecule has 0 aromatic heterocycles. The Morgan fingerprint density at radius 3 is 1.95 bits per heavy atom. The van der Waals surface area contributed by atoms with Gasteiger partial charge in [-0.05, 0) is 32.1 Å². The van der Waals surface area contributed by atoms with E-state index in [1.54, 1.807) is 0 Å². The minimum atomic E-state index is 0.521. The normalized spacial score (nSPS) is 21.2. The summed E-state index contributed by atoms with van der Waals surface area (Å²) in [6.45, 7) is 4.48. The van der Waals surface area contributed by atoms with Gasteiger partial charge < -0.3 is 4.74 Å². The second kappa shape index (κ2) is 14.1. The molecule has 0 aromatic rings. The molecule has 1 aliphatic rings. The Morgan fingerprint density at radius 2 is 1.32 bits per heavy atom. The quantitative estimate of drug-likeness (QED) is 0.181. The van der Waals surface area contributed by atoms with Crippen LogP contribution in [0, 0.1) is 0 Å². The first kappa shape index (κ1) is 19.5. The van der Waals surface area contributed by atoms with E-state index >= 15 is 0 Å². The standard InChI is InChI=1S/C21H38O/c1-3-5-6-7-8-9-10-11-12-13-14-15-16-17-18-19-21-20(4-2)22-21/h14-15,17-18,20-21H,3-13,16,19H2,1-2H3/b15-14+,18-17+. The first-order valence-corrected chi connectivity index (χ1v) is 9.84. The fourth-order valence-corrected chi connectivity index (χ4v) is 2.94. The van der Waals surface area contributed by atoms with Gasteiger partial charge in [-0.3, -0.25) is 0 Å². The summed E-state index contributed by atoms with van der Waals surface area (Å²) < 4.78 is 5.52. The largest absolute Gasteiger partial charge is 0.369 e. The lowest BCUT2D eigenvalue weighted by Gasteiger charge is -2.00. The van der Waals surface area contributed by atoms with Crippen molar-refractivity contribution in [3.63, 3.8) is 0 Å². The number of hydrogen-bond acceptors (Lipinski definition) is 1. The molecule has 1 heteroatoms. The van der Waals surface area contributed by atoms with E-state index in [2.05, 4.69) is 38.2 Å². The van der Waals surface area contributed by atoms with Crippen LogP contribution in [-0.2, 0) is 4.74 Å². The monoisotopic (exact) mass is 306 g/mol. The van der Waals surface area contributed by atoms with Crippen molar-refractivity contribution in [3.05, 3.63) is 24.3 Å². The minimum absolute atomic E-state index is 0.521. The number of epoxide rings is 1. The van der Waals surface area contributed by atoms with Crippen molar-refractivity contribution < 1.29 is 4.74 Å². The number of unbranched alkanes of at least 4 members (excludes halogenated alkanes) is 9. The van der Waals surface area contributed by atoms with Crippen LogP contribution in [-0.4, -0.2) is 12.2 Å². The molecule has 1 fully saturated rings. The summed E-state index contributed by atoms with van der Waals surface area (Å²) in [6, 6.07) is 0. The maximum Gasteiger partial charge on any atom is 0.0876 e. The molecule has 22 heavy (non-hydrogen) atoms. The third kappa shape index (κ3) is 11.1. The van der Waals surface area contributed by atoms with Crippen LogP contribution in [0.2, 0.25) is 0 Å². The van der Waals surface area contributed by atoms with Gasteiger partial charge in [-0.1, -0.05) is 89.5 Å². The van der Waals surface area contributed by atoms with E-state index in [4.69, 9.17) is 4.74 Å². The Labute approximate surface area is 139 Å². The molecule has 2 unspecified atom stereocenters. The lowest BCUT2D eigenvalue weighted by atomic mass is 10.1. The van der Waals surface area contributed by atoms with Gasteiger partial charge in [-0.15, -0.1) is 0 Å². The van der Waals surface area contributed by atoms with Crippen molar-refractivity contribution in [2.45, 2.75) is 110 Å². The summed E-state index contributed by atoms with van der Waals surface area (Å²) in [5.41, 5.74) is 0. The van der Waals surface area contributed by atoms with Crippen LogP contribution in [0.4, 0.5) is 0 Å². The van der Waals surface area contributed by atoms with Crippen LogP contribution >= 0.6 is 0 Å². The predicted molar refractivity (Wildman–Crippen MR) is 98.3 cm³/mol. The maximum atomic E-state index is 5.52. The predicted octanol–water partition coefficient (Wildman–Crippen LogP) is 6.98. The fraction of sp³-hybridized carbons (Fsp3) is 0.810. The number of rotatable bonds is 15. The molecular weight excluding hydrogens is 268 g/mol. The molecule has 0 aromatic carbocycles. The smallest absolute Gasteiger partial charge is 0.0876 e. The summed E-state index contributed by atoms with van der Waals surface area (Å²) in [7, 11) is 0. The topological polar surface area (TPSA) is 12.5 Å². The molecule has 1 saturated heterocycles. The van der Waals surface area contributed by atoms with Crippen LogP contribution in [0.15, 0.2) is 24.3 Å². The van der Waals surface area contributed by atoms with Gasteiger partial charge in [-0.25, -0.2) is 0 Å². The zero-order valence-corrected chi connectivity index (χ0v) is 15.1. The van der Waals surface area contributed by atoms with Crippen LogP contribution in [0.1, 0.15) is 97.3 Å². The summed E-state index contributed by atoms with van der Waals surface area (Å²) in [6.07, 6.45) is 27.7. The Hall–Kier alpha value is -0.560. The van der Waals surface area contributed by atoms with Crippen molar-refractivity contribution >= 4 is 0 Å². The Morgan fingerprint density at radius 1 is 0.682 bits per heavy atom. The molecule has 1 nitrogen and oxygen atoms in total. The van der Waals surface area contributed by atoms with Gasteiger partial charge in [0.25, 0.3) is 0 Å². The lowest BCUT2D eigenvalue weighted by Crippen LogP contribution is -1.88. The molecule has 0 N–H and O–H groups in total. The van der Waals surface area contributed by atoms with E-state index in [1.807, 2.05) is 0 Å². The minimum Gasteiger partial charge on any atom is -0.369 e. The molecular formula is C21H38O. The summed E-state index contributed by atoms with van der Waals surface area (Å²) >= 11 is 0. The van der Waals surface area contributed by atoms with Gasteiger partial charge in [-0.2, -0.15) is 0 Å². The second-order valence-corrected chi connectivity index (χ2v) is 6.65. The van der Waals surface area contributed by atoms with Gasteiger partial charge in [0.05, 0.1) is 12.2 Å². The highest BCUT2D eigenvalue weighted by Gasteiger charge is 2.35. The highest BCUT2D eigenvalue weighted by atomic mass is 16.6. The van der Waals surface area contributed by atoms with Crippen LogP contribution in [0.5, 0.6) is 0 Å². The fourth-order valence-electron chi connectivity index (χ4n) is 2.94. The molecule has 0 radical (unpaired) electrons. The maximum absolute atomic E-state index is 5.52. The Kier molecular flexibility index (Phi) is 12.5. The van der Waals surface area contributed by atoms with E-state index < -0.39 is 0 Å². The summed E-state index contributed by atoms with van der Waals surface area (Å²) in [5, 5.41) is 0. The molecule has 0 bridgehead atoms. The van der Waals surface area contributed by atoms with Crippen molar-refractivity contribution in [2.24, 2.45) is 0 Å². The second-order valence-electron chi connectivity index (χ2n) is 6.65. The van der Waals surface area contributed by atoms with E-state index in [0.29, 0.717) is 12.2 Å². The Bertz CT molecular complexity index is 292. The number of allylic oxidation sites excluding steroid dienone is 3. The zero-order chi connectivity index (χ0) is 15.9. The third-order valence-electron chi connectivity index (χ3n) is 4.54. The van der Waals surface area contributed by atoms with E-state index in [0.717, 1.165) is 19.3 Å². The average Bonchev–Trinajstić information content (AvgIpc) is 3.30. The van der Waals surface area contributed by atoms with Gasteiger partial charge in [0, 0.05) is 0 Å². The zero-order valence-electron chi connectivity index (χ0n) is 15.1. The van der Waals surface area contributed by atoms with Gasteiger partial charge >= 0.3 is 0 Å². The van der Waals surface area contributed by atoms with Crippen LogP contribution in [0.25, 0.3) is 0 Å². The van der Waals surface area contributed by atoms with Crippen molar-refractivity contribution in [1.29, 1.82) is 0 Å². The SMILES string of the molecule is CCCCCCCCCCC/C=C/C/C=C/CC1OC1CC. The lowest BCUT2D eigenvalue weighted by molar-refractivity contribution is 0.367. The van der Waals surface area contributed by atoms with E-state index in [1.165, 1.54) is 64.2 Å². The highest BCUT2D eigenvalue weighted by molar-refractivity contribution is 4.97. The molecule has 0 amide bonds. The van der Waals surface area contributed by atoms with E-state index in [9.17, 15) is 0 Å². The molecule has 2 atom stereocenters. The molecule has 0 aliphatic carbocycles. The number of hydrogen-bond donors (Lipinski definition) is 0.